The first-order valence-electron chi connectivity index (χ1n) is 21.1. The first-order chi connectivity index (χ1) is 32.0. The van der Waals surface area contributed by atoms with Gasteiger partial charge in [0.1, 0.15) is 0 Å². The van der Waals surface area contributed by atoms with Crippen LogP contribution in [0.25, 0.3) is 22.5 Å². The number of nitrogens with one attached hydrogen (secondary N) is 2. The highest BCUT2D eigenvalue weighted by molar-refractivity contribution is 5.97. The zero-order valence-corrected chi connectivity index (χ0v) is 37.7. The molecule has 2 amide bonds. The number of hydrogen-bond acceptors (Lipinski definition) is 8. The van der Waals surface area contributed by atoms with E-state index in [2.05, 4.69) is 32.1 Å². The topological polar surface area (TPSA) is 200 Å². The zero-order chi connectivity index (χ0) is 49.8. The number of H-pyrrole nitrogens is 2. The van der Waals surface area contributed by atoms with Gasteiger partial charge in [0.15, 0.2) is 17.4 Å². The van der Waals surface area contributed by atoms with Crippen molar-refractivity contribution in [3.63, 3.8) is 0 Å². The van der Waals surface area contributed by atoms with Crippen LogP contribution in [-0.4, -0.2) is 90.8 Å². The van der Waals surface area contributed by atoms with Crippen molar-refractivity contribution in [3.8, 4) is 34.7 Å². The molecule has 68 heavy (non-hydrogen) atoms. The van der Waals surface area contributed by atoms with Gasteiger partial charge in [0.2, 0.25) is 0 Å². The van der Waals surface area contributed by atoms with Gasteiger partial charge in [-0.3, -0.25) is 14.4 Å². The smallest absolute Gasteiger partial charge is 0.475 e. The van der Waals surface area contributed by atoms with E-state index < -0.39 is 18.1 Å². The molecule has 2 aliphatic heterocycles. The summed E-state index contributed by atoms with van der Waals surface area (Å²) in [5, 5.41) is 25.0. The number of hydrogen-bond donors (Lipinski definition) is 3. The Morgan fingerprint density at radius 2 is 1.03 bits per heavy atom. The van der Waals surface area contributed by atoms with E-state index in [-0.39, 0.29) is 29.3 Å². The fourth-order valence-corrected chi connectivity index (χ4v) is 7.58. The molecule has 4 aromatic carbocycles. The third-order valence-electron chi connectivity index (χ3n) is 11.6. The minimum atomic E-state index is -5.08. The third-order valence-corrected chi connectivity index (χ3v) is 11.6. The number of aryl methyl sites for hydroxylation is 4. The lowest BCUT2D eigenvalue weighted by atomic mass is 9.90. The van der Waals surface area contributed by atoms with E-state index in [1.54, 1.807) is 36.1 Å². The van der Waals surface area contributed by atoms with E-state index in [9.17, 15) is 36.3 Å². The van der Waals surface area contributed by atoms with Crippen LogP contribution in [0.4, 0.5) is 22.0 Å². The lowest BCUT2D eigenvalue weighted by Gasteiger charge is -2.39. The summed E-state index contributed by atoms with van der Waals surface area (Å²) < 4.78 is 59.1. The molecule has 2 aromatic heterocycles. The molecule has 0 atom stereocenters. The van der Waals surface area contributed by atoms with Crippen molar-refractivity contribution in [2.75, 3.05) is 26.2 Å². The summed E-state index contributed by atoms with van der Waals surface area (Å²) in [5.74, 6) is -5.58. The molecular weight excluding hydrogens is 888 g/mol. The Labute approximate surface area is 387 Å². The average Bonchev–Trinajstić information content (AvgIpc) is 3.86. The van der Waals surface area contributed by atoms with Crippen LogP contribution in [-0.2, 0) is 10.7 Å². The summed E-state index contributed by atoms with van der Waals surface area (Å²) in [6, 6.07) is 30.1. The number of carboxylic acids is 1. The normalized spacial score (nSPS) is 13.7. The number of nitriles is 2. The van der Waals surface area contributed by atoms with Crippen molar-refractivity contribution >= 4 is 23.6 Å². The van der Waals surface area contributed by atoms with Gasteiger partial charge in [0.05, 0.1) is 34.7 Å². The number of aromatic amines is 2. The summed E-state index contributed by atoms with van der Waals surface area (Å²) in [4.78, 5) is 64.3. The summed E-state index contributed by atoms with van der Waals surface area (Å²) in [5.41, 5.74) is 10.5. The molecule has 0 saturated carbocycles. The van der Waals surface area contributed by atoms with E-state index in [0.29, 0.717) is 82.8 Å². The van der Waals surface area contributed by atoms with Crippen molar-refractivity contribution < 1.29 is 46.2 Å². The number of imidazole rings is 2. The highest BCUT2D eigenvalue weighted by Crippen LogP contribution is 2.34. The van der Waals surface area contributed by atoms with Crippen molar-refractivity contribution in [3.05, 3.63) is 152 Å². The van der Waals surface area contributed by atoms with E-state index in [1.807, 2.05) is 86.3 Å². The largest absolute Gasteiger partial charge is 0.490 e. The number of likely N-dealkylation sites (tertiary alicyclic amines) is 2. The van der Waals surface area contributed by atoms with Crippen molar-refractivity contribution in [1.29, 1.82) is 10.5 Å². The van der Waals surface area contributed by atoms with Crippen LogP contribution in [0, 0.1) is 50.4 Å². The summed E-state index contributed by atoms with van der Waals surface area (Å²) in [6.07, 6.45) is -5.08. The molecule has 0 spiro atoms. The number of carbonyl (C=O) groups excluding carboxylic acids is 3. The van der Waals surface area contributed by atoms with Gasteiger partial charge >= 0.3 is 18.1 Å². The maximum absolute atomic E-state index is 13.7. The van der Waals surface area contributed by atoms with Gasteiger partial charge in [-0.15, -0.1) is 0 Å². The second-order valence-corrected chi connectivity index (χ2v) is 16.7. The van der Waals surface area contributed by atoms with Crippen LogP contribution >= 0.6 is 0 Å². The van der Waals surface area contributed by atoms with Crippen LogP contribution in [0.3, 0.4) is 0 Å². The van der Waals surface area contributed by atoms with Crippen LogP contribution in [0.2, 0.25) is 0 Å². The zero-order valence-electron chi connectivity index (χ0n) is 37.7. The maximum atomic E-state index is 13.7. The molecular formula is C50H45F5N8O5. The van der Waals surface area contributed by atoms with Gasteiger partial charge in [0.25, 0.3) is 11.8 Å². The van der Waals surface area contributed by atoms with E-state index >= 15 is 0 Å². The first-order valence-corrected chi connectivity index (χ1v) is 21.1. The number of carboxylic acid groups (broad SMARTS) is 1. The lowest BCUT2D eigenvalue weighted by molar-refractivity contribution is -0.192. The molecule has 2 saturated heterocycles. The Morgan fingerprint density at radius 3 is 1.35 bits per heavy atom. The number of amides is 2. The Hall–Kier alpha value is -7.99. The first kappa shape index (κ1) is 49.4. The van der Waals surface area contributed by atoms with Gasteiger partial charge in [-0.05, 0) is 98.5 Å². The van der Waals surface area contributed by atoms with Crippen LogP contribution < -0.4 is 0 Å². The standard InChI is InChI=1S/C24H22F2N4O.C24H22N4O2.C2HF3O2/c1-14-4-7-18(10-20(14)21-15(2)28-23(29-21)24(3,25)26)22(31)30-12-19(13-30)17-8-5-16(11-27)6-9-17;1-14-4-7-19(10-21(14)22-15(2)26-23(27-22)16(3)29)24(30)28-12-20(13-28)18-8-5-17(11-25)6-9-18;3-2(4,5)1(6)7/h4-10,19H,12-13H2,1-3H3,(H,28,29);4-10,20H,12-13H2,1-3H3,(H,26,27);(H,6,7). The van der Waals surface area contributed by atoms with Crippen molar-refractivity contribution in [1.82, 2.24) is 29.7 Å². The highest BCUT2D eigenvalue weighted by Gasteiger charge is 2.38. The number of Topliss-reactive ketones (excluding diaryl/α,β-unsaturated/α-hetero) is 1. The minimum Gasteiger partial charge on any atom is -0.475 e. The molecule has 0 radical (unpaired) electrons. The fraction of sp³-hybridized carbons (Fsp3) is 0.280. The molecule has 350 valence electrons. The number of benzene rings is 4. The molecule has 2 fully saturated rings. The lowest BCUT2D eigenvalue weighted by Crippen LogP contribution is -2.48. The van der Waals surface area contributed by atoms with Gasteiger partial charge in [-0.1, -0.05) is 36.4 Å². The van der Waals surface area contributed by atoms with Crippen molar-refractivity contribution in [2.24, 2.45) is 0 Å². The van der Waals surface area contributed by atoms with E-state index in [4.69, 9.17) is 20.4 Å². The number of rotatable bonds is 8. The average molecular weight is 933 g/mol. The number of aromatic nitrogens is 4. The molecule has 18 heteroatoms. The summed E-state index contributed by atoms with van der Waals surface area (Å²) in [6.45, 7) is 12.2. The Balaban J connectivity index is 0.000000197. The summed E-state index contributed by atoms with van der Waals surface area (Å²) >= 11 is 0. The molecule has 4 heterocycles. The highest BCUT2D eigenvalue weighted by atomic mass is 19.4. The van der Waals surface area contributed by atoms with E-state index in [0.717, 1.165) is 40.4 Å². The van der Waals surface area contributed by atoms with Crippen LogP contribution in [0.1, 0.15) is 108 Å². The van der Waals surface area contributed by atoms with E-state index in [1.165, 1.54) is 6.92 Å². The maximum Gasteiger partial charge on any atom is 0.490 e. The molecule has 13 nitrogen and oxygen atoms in total. The number of alkyl halides is 5. The number of aliphatic carboxylic acids is 1. The molecule has 0 unspecified atom stereocenters. The Kier molecular flexibility index (Phi) is 14.4. The number of halogens is 5. The van der Waals surface area contributed by atoms with Crippen molar-refractivity contribution in [2.45, 2.75) is 65.5 Å². The molecule has 0 bridgehead atoms. The molecule has 2 aliphatic rings. The predicted molar refractivity (Wildman–Crippen MR) is 240 cm³/mol. The third kappa shape index (κ3) is 11.2. The quantitative estimate of drug-likeness (QED) is 0.0982. The summed E-state index contributed by atoms with van der Waals surface area (Å²) in [7, 11) is 0. The van der Waals surface area contributed by atoms with Crippen LogP contribution in [0.15, 0.2) is 84.9 Å². The predicted octanol–water partition coefficient (Wildman–Crippen LogP) is 9.56. The van der Waals surface area contributed by atoms with Crippen LogP contribution in [0.5, 0.6) is 0 Å². The van der Waals surface area contributed by atoms with Gasteiger partial charge in [-0.2, -0.15) is 32.5 Å². The monoisotopic (exact) mass is 932 g/mol. The number of carbonyl (C=O) groups is 4. The van der Waals surface area contributed by atoms with Gasteiger partial charge in [-0.25, -0.2) is 14.8 Å². The fourth-order valence-electron chi connectivity index (χ4n) is 7.58. The second-order valence-electron chi connectivity index (χ2n) is 16.7. The minimum absolute atomic E-state index is 0.0128. The van der Waals surface area contributed by atoms with Gasteiger partial charge in [0, 0.05) is 85.5 Å². The number of ketones is 1. The molecule has 0 aliphatic carbocycles. The second kappa shape index (κ2) is 19.9. The Morgan fingerprint density at radius 1 is 0.647 bits per heavy atom. The SMILES string of the molecule is CC(=O)c1nc(-c2cc(C(=O)N3CC(c4ccc(C#N)cc4)C3)ccc2C)c(C)[nH]1.Cc1ccc(C(=O)N2CC(c3ccc(C#N)cc3)C2)cc1-c1nc(C(C)(F)F)[nH]c1C.O=C(O)C(F)(F)F. The number of nitrogens with zero attached hydrogens (tertiary/aromatic N) is 6. The molecule has 6 aromatic rings. The molecule has 3 N–H and O–H groups in total. The Bertz CT molecular complexity index is 2960. The van der Waals surface area contributed by atoms with Gasteiger partial charge < -0.3 is 24.9 Å². The molecule has 8 rings (SSSR count).